The van der Waals surface area contributed by atoms with E-state index in [1.54, 1.807) is 0 Å². The van der Waals surface area contributed by atoms with Crippen LogP contribution in [0.1, 0.15) is 11.5 Å². The molecule has 0 aliphatic heterocycles. The van der Waals surface area contributed by atoms with Crippen LogP contribution in [-0.4, -0.2) is 22.8 Å². The number of nitrogens with one attached hydrogen (secondary N) is 2. The molecule has 0 radical (unpaired) electrons. The average molecular weight is 279 g/mol. The van der Waals surface area contributed by atoms with Gasteiger partial charge in [-0.3, -0.25) is 0 Å². The van der Waals surface area contributed by atoms with Crippen molar-refractivity contribution in [2.24, 2.45) is 0 Å². The van der Waals surface area contributed by atoms with E-state index in [9.17, 15) is 4.79 Å². The van der Waals surface area contributed by atoms with Crippen molar-refractivity contribution < 1.29 is 13.9 Å². The summed E-state index contributed by atoms with van der Waals surface area (Å²) in [7, 11) is 0. The number of nitrogens with zero attached hydrogens (tertiary/aromatic N) is 1. The minimum absolute atomic E-state index is 0.224. The molecule has 0 saturated heterocycles. The molecule has 1 aromatic heterocycles. The van der Waals surface area contributed by atoms with Crippen LogP contribution < -0.4 is 5.32 Å². The Balaban J connectivity index is 1.66. The lowest BCUT2D eigenvalue weighted by Gasteiger charge is -2.05. The molecule has 2 rings (SSSR count). The molecule has 1 aromatic carbocycles. The van der Waals surface area contributed by atoms with Crippen LogP contribution in [0.5, 0.6) is 0 Å². The summed E-state index contributed by atoms with van der Waals surface area (Å²) in [6, 6.07) is 9.47. The fourth-order valence-electron chi connectivity index (χ4n) is 1.41. The van der Waals surface area contributed by atoms with Crippen LogP contribution in [0.4, 0.5) is 4.79 Å². The van der Waals surface area contributed by atoms with Crippen LogP contribution in [0.15, 0.2) is 34.7 Å². The van der Waals surface area contributed by atoms with E-state index in [1.807, 2.05) is 30.3 Å². The van der Waals surface area contributed by atoms with Gasteiger partial charge in [0.25, 0.3) is 4.84 Å². The van der Waals surface area contributed by atoms with Crippen molar-refractivity contribution in [2.45, 2.75) is 13.0 Å². The van der Waals surface area contributed by atoms with Crippen LogP contribution >= 0.6 is 12.2 Å². The molecule has 2 aromatic rings. The molecule has 100 valence electrons. The second-order valence-electron chi connectivity index (χ2n) is 3.75. The molecule has 0 aliphatic carbocycles. The fraction of sp³-hybridized carbons (Fsp3) is 0.250. The van der Waals surface area contributed by atoms with E-state index in [4.69, 9.17) is 21.4 Å². The largest absolute Gasteiger partial charge is 0.445 e. The maximum absolute atomic E-state index is 11.4. The van der Waals surface area contributed by atoms with E-state index in [0.717, 1.165) is 5.56 Å². The minimum Gasteiger partial charge on any atom is -0.445 e. The molecule has 0 atom stereocenters. The number of rotatable bonds is 5. The Kier molecular flexibility index (Phi) is 4.68. The Hall–Kier alpha value is -2.15. The van der Waals surface area contributed by atoms with Crippen LogP contribution in [0.3, 0.4) is 0 Å². The SMILES string of the molecule is O=C(NCCc1n[nH]c(=S)o1)OCc1ccccc1. The molecule has 19 heavy (non-hydrogen) atoms. The third-order valence-corrected chi connectivity index (χ3v) is 2.48. The molecule has 0 saturated carbocycles. The average Bonchev–Trinajstić information content (AvgIpc) is 2.83. The standard InChI is InChI=1S/C12H13N3O3S/c16-11(17-8-9-4-2-1-3-5-9)13-7-6-10-14-15-12(19)18-10/h1-5H,6-8H2,(H,13,16)(H,15,19). The summed E-state index contributed by atoms with van der Waals surface area (Å²) in [6.07, 6.45) is -0.0221. The van der Waals surface area contributed by atoms with E-state index in [0.29, 0.717) is 18.9 Å². The predicted molar refractivity (Wildman–Crippen MR) is 70.0 cm³/mol. The minimum atomic E-state index is -0.474. The number of hydrogen-bond acceptors (Lipinski definition) is 5. The quantitative estimate of drug-likeness (QED) is 0.820. The van der Waals surface area contributed by atoms with Gasteiger partial charge in [0.1, 0.15) is 6.61 Å². The summed E-state index contributed by atoms with van der Waals surface area (Å²) in [5.41, 5.74) is 0.940. The summed E-state index contributed by atoms with van der Waals surface area (Å²) in [4.78, 5) is 11.6. The topological polar surface area (TPSA) is 80.2 Å². The zero-order valence-electron chi connectivity index (χ0n) is 10.1. The van der Waals surface area contributed by atoms with Crippen molar-refractivity contribution in [1.82, 2.24) is 15.5 Å². The predicted octanol–water partition coefficient (Wildman–Crippen LogP) is 2.20. The van der Waals surface area contributed by atoms with E-state index in [-0.39, 0.29) is 11.4 Å². The first-order valence-electron chi connectivity index (χ1n) is 5.73. The van der Waals surface area contributed by atoms with Crippen LogP contribution in [0.2, 0.25) is 0 Å². The van der Waals surface area contributed by atoms with Crippen LogP contribution in [-0.2, 0) is 17.8 Å². The smallest absolute Gasteiger partial charge is 0.407 e. The van der Waals surface area contributed by atoms with Crippen LogP contribution in [0.25, 0.3) is 0 Å². The Labute approximate surface area is 114 Å². The third-order valence-electron chi connectivity index (χ3n) is 2.30. The molecule has 1 amide bonds. The summed E-state index contributed by atoms with van der Waals surface area (Å²) in [5.74, 6) is 0.452. The Morgan fingerprint density at radius 1 is 1.42 bits per heavy atom. The number of carbonyl (C=O) groups is 1. The first-order valence-corrected chi connectivity index (χ1v) is 6.14. The van der Waals surface area contributed by atoms with E-state index in [1.165, 1.54) is 0 Å². The maximum atomic E-state index is 11.4. The molecule has 2 N–H and O–H groups in total. The molecule has 1 heterocycles. The summed E-state index contributed by atoms with van der Waals surface area (Å²) >= 11 is 4.73. The van der Waals surface area contributed by atoms with Gasteiger partial charge in [0.2, 0.25) is 5.89 Å². The highest BCUT2D eigenvalue weighted by molar-refractivity contribution is 7.71. The van der Waals surface area contributed by atoms with Gasteiger partial charge in [-0.05, 0) is 17.8 Å². The molecular weight excluding hydrogens is 266 g/mol. The van der Waals surface area contributed by atoms with Crippen molar-refractivity contribution >= 4 is 18.3 Å². The van der Waals surface area contributed by atoms with Crippen molar-refractivity contribution in [3.63, 3.8) is 0 Å². The number of hydrogen-bond donors (Lipinski definition) is 2. The Bertz CT molecular complexity index is 579. The van der Waals surface area contributed by atoms with Gasteiger partial charge in [0, 0.05) is 13.0 Å². The molecule has 0 unspecified atom stereocenters. The molecule has 0 fully saturated rings. The van der Waals surface area contributed by atoms with E-state index in [2.05, 4.69) is 15.5 Å². The summed E-state index contributed by atoms with van der Waals surface area (Å²) in [6.45, 7) is 0.618. The van der Waals surface area contributed by atoms with Crippen molar-refractivity contribution in [2.75, 3.05) is 6.54 Å². The lowest BCUT2D eigenvalue weighted by Crippen LogP contribution is -2.26. The number of amides is 1. The molecule has 6 nitrogen and oxygen atoms in total. The highest BCUT2D eigenvalue weighted by Crippen LogP contribution is 2.00. The maximum Gasteiger partial charge on any atom is 0.407 e. The van der Waals surface area contributed by atoms with Gasteiger partial charge in [-0.25, -0.2) is 9.89 Å². The van der Waals surface area contributed by atoms with Gasteiger partial charge in [0.15, 0.2) is 0 Å². The van der Waals surface area contributed by atoms with Gasteiger partial charge >= 0.3 is 6.09 Å². The zero-order chi connectivity index (χ0) is 13.5. The number of benzene rings is 1. The molecular formula is C12H13N3O3S. The number of aromatic nitrogens is 2. The normalized spacial score (nSPS) is 10.1. The zero-order valence-corrected chi connectivity index (χ0v) is 10.9. The highest BCUT2D eigenvalue weighted by atomic mass is 32.1. The Morgan fingerprint density at radius 3 is 2.89 bits per heavy atom. The van der Waals surface area contributed by atoms with E-state index >= 15 is 0 Å². The van der Waals surface area contributed by atoms with Crippen molar-refractivity contribution in [3.05, 3.63) is 46.6 Å². The van der Waals surface area contributed by atoms with Crippen LogP contribution in [0, 0.1) is 4.84 Å². The third kappa shape index (κ3) is 4.55. The van der Waals surface area contributed by atoms with E-state index < -0.39 is 6.09 Å². The van der Waals surface area contributed by atoms with Gasteiger partial charge < -0.3 is 14.5 Å². The number of carbonyl (C=O) groups excluding carboxylic acids is 1. The molecule has 0 spiro atoms. The first-order chi connectivity index (χ1) is 9.24. The molecule has 7 heteroatoms. The summed E-state index contributed by atoms with van der Waals surface area (Å²) in [5, 5.41) is 8.93. The monoisotopic (exact) mass is 279 g/mol. The number of ether oxygens (including phenoxy) is 1. The van der Waals surface area contributed by atoms with Crippen molar-refractivity contribution in [1.29, 1.82) is 0 Å². The lowest BCUT2D eigenvalue weighted by molar-refractivity contribution is 0.139. The number of aromatic amines is 1. The number of H-pyrrole nitrogens is 1. The van der Waals surface area contributed by atoms with Gasteiger partial charge in [-0.15, -0.1) is 5.10 Å². The molecule has 0 aliphatic rings. The summed E-state index contributed by atoms with van der Waals surface area (Å²) < 4.78 is 10.1. The highest BCUT2D eigenvalue weighted by Gasteiger charge is 2.04. The first kappa shape index (κ1) is 13.3. The fourth-order valence-corrected chi connectivity index (χ4v) is 1.56. The Morgan fingerprint density at radius 2 is 2.21 bits per heavy atom. The second kappa shape index (κ2) is 6.69. The van der Waals surface area contributed by atoms with Crippen molar-refractivity contribution in [3.8, 4) is 0 Å². The molecule has 0 bridgehead atoms. The van der Waals surface area contributed by atoms with Gasteiger partial charge in [0.05, 0.1) is 0 Å². The van der Waals surface area contributed by atoms with Gasteiger partial charge in [-0.2, -0.15) is 0 Å². The second-order valence-corrected chi connectivity index (χ2v) is 4.12. The lowest BCUT2D eigenvalue weighted by atomic mass is 10.2. The number of alkyl carbamates (subject to hydrolysis) is 1. The van der Waals surface area contributed by atoms with Gasteiger partial charge in [-0.1, -0.05) is 30.3 Å².